The van der Waals surface area contributed by atoms with Gasteiger partial charge in [0.05, 0.1) is 11.8 Å². The second-order valence-electron chi connectivity index (χ2n) is 8.02. The maximum absolute atomic E-state index is 13.3. The molecule has 1 aliphatic carbocycles. The highest BCUT2D eigenvalue weighted by Crippen LogP contribution is 2.33. The fourth-order valence-electron chi connectivity index (χ4n) is 4.03. The molecule has 0 radical (unpaired) electrons. The van der Waals surface area contributed by atoms with Gasteiger partial charge in [0.1, 0.15) is 5.69 Å². The minimum absolute atomic E-state index is 0.0687. The largest absolute Gasteiger partial charge is 0.442 e. The fraction of sp³-hybridized carbons (Fsp3) is 0.409. The van der Waals surface area contributed by atoms with Gasteiger partial charge < -0.3 is 14.2 Å². The van der Waals surface area contributed by atoms with Gasteiger partial charge in [0.2, 0.25) is 5.95 Å². The van der Waals surface area contributed by atoms with Crippen molar-refractivity contribution >= 4 is 11.9 Å². The molecule has 0 bridgehead atoms. The number of hydrogen-bond acceptors (Lipinski definition) is 7. The Hall–Kier alpha value is -3.29. The first-order valence-corrected chi connectivity index (χ1v) is 10.4. The van der Waals surface area contributed by atoms with E-state index in [-0.39, 0.29) is 11.9 Å². The summed E-state index contributed by atoms with van der Waals surface area (Å²) in [4.78, 5) is 34.8. The first-order chi connectivity index (χ1) is 14.7. The van der Waals surface area contributed by atoms with Crippen LogP contribution in [-0.4, -0.2) is 55.9 Å². The fourth-order valence-corrected chi connectivity index (χ4v) is 4.03. The van der Waals surface area contributed by atoms with Gasteiger partial charge in [-0.25, -0.2) is 15.0 Å². The highest BCUT2D eigenvalue weighted by molar-refractivity contribution is 5.94. The number of pyridine rings is 1. The summed E-state index contributed by atoms with van der Waals surface area (Å²) in [5, 5.41) is 0. The number of hydrogen-bond donors (Lipinski definition) is 0. The molecule has 1 aliphatic heterocycles. The Balaban J connectivity index is 1.28. The number of aromatic nitrogens is 4. The number of anilines is 1. The smallest absolute Gasteiger partial charge is 0.255 e. The second kappa shape index (κ2) is 7.85. The van der Waals surface area contributed by atoms with Crippen molar-refractivity contribution in [3.05, 3.63) is 54.4 Å². The Morgan fingerprint density at radius 2 is 1.73 bits per heavy atom. The summed E-state index contributed by atoms with van der Waals surface area (Å²) in [7, 11) is 0. The molecular weight excluding hydrogens is 380 g/mol. The van der Waals surface area contributed by atoms with Gasteiger partial charge in [0, 0.05) is 43.8 Å². The van der Waals surface area contributed by atoms with Crippen LogP contribution in [0.15, 0.2) is 47.7 Å². The van der Waals surface area contributed by atoms with E-state index in [0.717, 1.165) is 50.3 Å². The van der Waals surface area contributed by atoms with Crippen molar-refractivity contribution in [2.45, 2.75) is 44.7 Å². The SMILES string of the molecule is Cc1cnc(N2CCC(N(C(=O)c3ccc(-c4cnco4)nc3)C3CC3)CC2)nc1. The van der Waals surface area contributed by atoms with E-state index >= 15 is 0 Å². The van der Waals surface area contributed by atoms with E-state index in [1.54, 1.807) is 12.4 Å². The van der Waals surface area contributed by atoms with Crippen LogP contribution in [0.25, 0.3) is 11.5 Å². The molecule has 1 saturated carbocycles. The van der Waals surface area contributed by atoms with Crippen molar-refractivity contribution in [2.75, 3.05) is 18.0 Å². The van der Waals surface area contributed by atoms with E-state index in [9.17, 15) is 4.79 Å². The number of oxazole rings is 1. The van der Waals surface area contributed by atoms with Gasteiger partial charge in [-0.05, 0) is 50.3 Å². The highest BCUT2D eigenvalue weighted by Gasteiger charge is 2.39. The Morgan fingerprint density at radius 1 is 1.00 bits per heavy atom. The Morgan fingerprint density at radius 3 is 2.33 bits per heavy atom. The van der Waals surface area contributed by atoms with E-state index < -0.39 is 0 Å². The molecule has 1 saturated heterocycles. The van der Waals surface area contributed by atoms with Gasteiger partial charge in [-0.3, -0.25) is 9.78 Å². The van der Waals surface area contributed by atoms with E-state index in [0.29, 0.717) is 23.1 Å². The highest BCUT2D eigenvalue weighted by atomic mass is 16.3. The molecule has 154 valence electrons. The van der Waals surface area contributed by atoms with Crippen LogP contribution < -0.4 is 4.90 Å². The third-order valence-corrected chi connectivity index (χ3v) is 5.78. The summed E-state index contributed by atoms with van der Waals surface area (Å²) >= 11 is 0. The van der Waals surface area contributed by atoms with Crippen molar-refractivity contribution in [2.24, 2.45) is 0 Å². The van der Waals surface area contributed by atoms with E-state index in [4.69, 9.17) is 4.42 Å². The molecule has 2 fully saturated rings. The van der Waals surface area contributed by atoms with Crippen molar-refractivity contribution < 1.29 is 9.21 Å². The number of aryl methyl sites for hydroxylation is 1. The minimum Gasteiger partial charge on any atom is -0.442 e. The van der Waals surface area contributed by atoms with Gasteiger partial charge in [-0.2, -0.15) is 0 Å². The monoisotopic (exact) mass is 404 g/mol. The van der Waals surface area contributed by atoms with Crippen LogP contribution in [0.5, 0.6) is 0 Å². The third kappa shape index (κ3) is 3.77. The van der Waals surface area contributed by atoms with Crippen LogP contribution >= 0.6 is 0 Å². The second-order valence-corrected chi connectivity index (χ2v) is 8.02. The Kier molecular flexibility index (Phi) is 4.90. The average Bonchev–Trinajstić information content (AvgIpc) is 3.46. The average molecular weight is 404 g/mol. The van der Waals surface area contributed by atoms with Crippen LogP contribution in [0.1, 0.15) is 41.6 Å². The van der Waals surface area contributed by atoms with Gasteiger partial charge >= 0.3 is 0 Å². The third-order valence-electron chi connectivity index (χ3n) is 5.78. The lowest BCUT2D eigenvalue weighted by Gasteiger charge is -2.38. The van der Waals surface area contributed by atoms with Crippen molar-refractivity contribution in [1.82, 2.24) is 24.8 Å². The van der Waals surface area contributed by atoms with Crippen molar-refractivity contribution in [1.29, 1.82) is 0 Å². The molecule has 8 nitrogen and oxygen atoms in total. The number of carbonyl (C=O) groups excluding carboxylic acids is 1. The summed E-state index contributed by atoms with van der Waals surface area (Å²) in [5.74, 6) is 1.44. The zero-order valence-corrected chi connectivity index (χ0v) is 16.9. The molecule has 8 heteroatoms. The zero-order chi connectivity index (χ0) is 20.5. The molecule has 0 aromatic carbocycles. The molecule has 4 heterocycles. The number of amides is 1. The molecular formula is C22H24N6O2. The first-order valence-electron chi connectivity index (χ1n) is 10.4. The predicted molar refractivity (Wildman–Crippen MR) is 111 cm³/mol. The summed E-state index contributed by atoms with van der Waals surface area (Å²) < 4.78 is 5.28. The van der Waals surface area contributed by atoms with Gasteiger partial charge in [0.25, 0.3) is 5.91 Å². The van der Waals surface area contributed by atoms with Gasteiger partial charge in [-0.1, -0.05) is 0 Å². The topological polar surface area (TPSA) is 88.3 Å². The number of rotatable bonds is 5. The normalized spacial score (nSPS) is 17.2. The molecule has 0 N–H and O–H groups in total. The van der Waals surface area contributed by atoms with Crippen LogP contribution in [0.3, 0.4) is 0 Å². The van der Waals surface area contributed by atoms with E-state index in [1.165, 1.54) is 6.39 Å². The number of piperidine rings is 1. The standard InChI is InChI=1S/C22H24N6O2/c1-15-10-25-22(26-11-15)27-8-6-18(7-9-27)28(17-3-4-17)21(29)16-2-5-19(24-12-16)20-13-23-14-30-20/h2,5,10-14,17-18H,3-4,6-9H2,1H3. The first kappa shape index (κ1) is 18.7. The zero-order valence-electron chi connectivity index (χ0n) is 16.9. The molecule has 1 amide bonds. The quantitative estimate of drug-likeness (QED) is 0.645. The molecule has 0 spiro atoms. The molecule has 3 aromatic heterocycles. The van der Waals surface area contributed by atoms with Gasteiger partial charge in [-0.15, -0.1) is 0 Å². The summed E-state index contributed by atoms with van der Waals surface area (Å²) in [6.07, 6.45) is 12.3. The summed E-state index contributed by atoms with van der Waals surface area (Å²) in [6, 6.07) is 4.23. The minimum atomic E-state index is 0.0687. The summed E-state index contributed by atoms with van der Waals surface area (Å²) in [5.41, 5.74) is 2.35. The molecule has 0 atom stereocenters. The maximum atomic E-state index is 13.3. The molecule has 3 aromatic rings. The lowest BCUT2D eigenvalue weighted by molar-refractivity contribution is 0.0630. The molecule has 5 rings (SSSR count). The lowest BCUT2D eigenvalue weighted by Crippen LogP contribution is -2.48. The number of carbonyl (C=O) groups is 1. The molecule has 0 unspecified atom stereocenters. The molecule has 30 heavy (non-hydrogen) atoms. The van der Waals surface area contributed by atoms with Crippen LogP contribution in [0.4, 0.5) is 5.95 Å². The Labute approximate surface area is 175 Å². The van der Waals surface area contributed by atoms with E-state index in [1.807, 2.05) is 31.5 Å². The Bertz CT molecular complexity index is 991. The lowest BCUT2D eigenvalue weighted by atomic mass is 10.0. The van der Waals surface area contributed by atoms with E-state index in [2.05, 4.69) is 29.7 Å². The van der Waals surface area contributed by atoms with Crippen molar-refractivity contribution in [3.8, 4) is 11.5 Å². The maximum Gasteiger partial charge on any atom is 0.255 e. The van der Waals surface area contributed by atoms with Gasteiger partial charge in [0.15, 0.2) is 12.2 Å². The molecule has 2 aliphatic rings. The predicted octanol–water partition coefficient (Wildman–Crippen LogP) is 3.11. The summed E-state index contributed by atoms with van der Waals surface area (Å²) in [6.45, 7) is 3.70. The van der Waals surface area contributed by atoms with Crippen LogP contribution in [-0.2, 0) is 0 Å². The van der Waals surface area contributed by atoms with Crippen LogP contribution in [0.2, 0.25) is 0 Å². The van der Waals surface area contributed by atoms with Crippen LogP contribution in [0, 0.1) is 6.92 Å². The van der Waals surface area contributed by atoms with Crippen molar-refractivity contribution in [3.63, 3.8) is 0 Å². The number of nitrogens with zero attached hydrogens (tertiary/aromatic N) is 6.